The quantitative estimate of drug-likeness (QED) is 0.532. The summed E-state index contributed by atoms with van der Waals surface area (Å²) < 4.78 is 0. The van der Waals surface area contributed by atoms with Crippen LogP contribution >= 0.6 is 0 Å². The van der Waals surface area contributed by atoms with Crippen molar-refractivity contribution in [3.63, 3.8) is 0 Å². The summed E-state index contributed by atoms with van der Waals surface area (Å²) in [5.74, 6) is 4.73. The van der Waals surface area contributed by atoms with Crippen LogP contribution in [0, 0.1) is 46.8 Å². The highest BCUT2D eigenvalue weighted by atomic mass is 16.3. The Labute approximate surface area is 139 Å². The Bertz CT molecular complexity index is 614. The van der Waals surface area contributed by atoms with Crippen LogP contribution in [0.3, 0.4) is 0 Å². The highest BCUT2D eigenvalue weighted by molar-refractivity contribution is 5.28. The maximum Gasteiger partial charge on any atom is 0.130 e. The van der Waals surface area contributed by atoms with Crippen LogP contribution in [0.4, 0.5) is 0 Å². The van der Waals surface area contributed by atoms with E-state index in [1.54, 1.807) is 0 Å². The average Bonchev–Trinajstić information content (AvgIpc) is 2.80. The third-order valence-corrected chi connectivity index (χ3v) is 8.06. The normalized spacial score (nSPS) is 57.3. The first-order valence-electron chi connectivity index (χ1n) is 9.10. The summed E-state index contributed by atoms with van der Waals surface area (Å²) in [6.45, 7) is 4.58. The summed E-state index contributed by atoms with van der Waals surface area (Å²) in [5.41, 5.74) is -0.960. The van der Waals surface area contributed by atoms with Gasteiger partial charge in [0, 0.05) is 5.41 Å². The third kappa shape index (κ3) is 1.84. The van der Waals surface area contributed by atoms with Crippen LogP contribution in [0.15, 0.2) is 24.3 Å². The van der Waals surface area contributed by atoms with Gasteiger partial charge < -0.3 is 10.2 Å². The number of aliphatic hydroxyl groups is 2. The van der Waals surface area contributed by atoms with Crippen LogP contribution < -0.4 is 0 Å². The molecule has 2 saturated carbocycles. The van der Waals surface area contributed by atoms with Crippen LogP contribution in [-0.4, -0.2) is 21.9 Å². The first-order valence-corrected chi connectivity index (χ1v) is 9.10. The standard InChI is InChI=1S/C21H28O2/c1-4-21(23)12-9-18-16-6-5-14-13-15(22)7-10-19(14,2)17(16)8-11-20(18,21)3/h1,5-7,10,14-18,22-23H,8-9,11-13H2,2-3H3/t14?,15-,16?,17?,18?,19-,20-,21-/m0/s1. The van der Waals surface area contributed by atoms with E-state index in [0.717, 1.165) is 32.1 Å². The third-order valence-electron chi connectivity index (χ3n) is 8.06. The van der Waals surface area contributed by atoms with E-state index in [2.05, 4.69) is 38.0 Å². The Kier molecular flexibility index (Phi) is 3.19. The lowest BCUT2D eigenvalue weighted by Crippen LogP contribution is -2.54. The molecule has 8 atom stereocenters. The molecule has 124 valence electrons. The summed E-state index contributed by atoms with van der Waals surface area (Å²) >= 11 is 0. The molecule has 0 saturated heterocycles. The Morgan fingerprint density at radius 1 is 1.09 bits per heavy atom. The fourth-order valence-electron chi connectivity index (χ4n) is 6.43. The van der Waals surface area contributed by atoms with Gasteiger partial charge in [-0.1, -0.05) is 44.1 Å². The largest absolute Gasteiger partial charge is 0.389 e. The predicted octanol–water partition coefficient (Wildman–Crippen LogP) is 3.31. The number of fused-ring (bicyclic) bond motifs is 5. The zero-order valence-corrected chi connectivity index (χ0v) is 14.2. The molecular formula is C21H28O2. The van der Waals surface area contributed by atoms with Gasteiger partial charge in [0.25, 0.3) is 0 Å². The summed E-state index contributed by atoms with van der Waals surface area (Å²) in [6, 6.07) is 0. The van der Waals surface area contributed by atoms with Crippen LogP contribution in [0.2, 0.25) is 0 Å². The van der Waals surface area contributed by atoms with E-state index in [0.29, 0.717) is 23.7 Å². The van der Waals surface area contributed by atoms with Crippen molar-refractivity contribution in [1.29, 1.82) is 0 Å². The molecule has 4 rings (SSSR count). The molecule has 2 nitrogen and oxygen atoms in total. The molecule has 0 bridgehead atoms. The van der Waals surface area contributed by atoms with Crippen LogP contribution in [0.25, 0.3) is 0 Å². The number of terminal acetylenes is 1. The van der Waals surface area contributed by atoms with Crippen LogP contribution in [0.1, 0.15) is 46.0 Å². The highest BCUT2D eigenvalue weighted by Gasteiger charge is 2.63. The van der Waals surface area contributed by atoms with Gasteiger partial charge in [0.05, 0.1) is 6.10 Å². The van der Waals surface area contributed by atoms with Crippen molar-refractivity contribution < 1.29 is 10.2 Å². The molecule has 2 fully saturated rings. The summed E-state index contributed by atoms with van der Waals surface area (Å²) in [4.78, 5) is 0. The predicted molar refractivity (Wildman–Crippen MR) is 91.3 cm³/mol. The Morgan fingerprint density at radius 3 is 2.57 bits per heavy atom. The van der Waals surface area contributed by atoms with Gasteiger partial charge in [0.15, 0.2) is 0 Å². The average molecular weight is 312 g/mol. The van der Waals surface area contributed by atoms with Crippen molar-refractivity contribution >= 4 is 0 Å². The molecule has 4 aliphatic rings. The second-order valence-electron chi connectivity index (χ2n) is 8.81. The topological polar surface area (TPSA) is 40.5 Å². The fourth-order valence-corrected chi connectivity index (χ4v) is 6.43. The van der Waals surface area contributed by atoms with Crippen molar-refractivity contribution in [1.82, 2.24) is 0 Å². The fraction of sp³-hybridized carbons (Fsp3) is 0.714. The van der Waals surface area contributed by atoms with E-state index in [1.807, 2.05) is 6.08 Å². The van der Waals surface area contributed by atoms with Gasteiger partial charge in [-0.25, -0.2) is 0 Å². The van der Waals surface area contributed by atoms with E-state index in [4.69, 9.17) is 6.42 Å². The van der Waals surface area contributed by atoms with Crippen molar-refractivity contribution in [2.24, 2.45) is 34.5 Å². The minimum atomic E-state index is -0.938. The van der Waals surface area contributed by atoms with Crippen molar-refractivity contribution in [2.45, 2.75) is 57.7 Å². The molecule has 0 aromatic heterocycles. The van der Waals surface area contributed by atoms with E-state index < -0.39 is 5.60 Å². The number of rotatable bonds is 0. The van der Waals surface area contributed by atoms with Gasteiger partial charge in [0.2, 0.25) is 0 Å². The number of allylic oxidation sites excluding steroid dienone is 3. The lowest BCUT2D eigenvalue weighted by atomic mass is 9.47. The number of aliphatic hydroxyl groups excluding tert-OH is 1. The van der Waals surface area contributed by atoms with Gasteiger partial charge in [-0.05, 0) is 61.2 Å². The van der Waals surface area contributed by atoms with Crippen molar-refractivity contribution in [3.05, 3.63) is 24.3 Å². The van der Waals surface area contributed by atoms with Crippen LogP contribution in [-0.2, 0) is 0 Å². The summed E-state index contributed by atoms with van der Waals surface area (Å²) in [5, 5.41) is 20.9. The second kappa shape index (κ2) is 4.74. The number of hydrogen-bond acceptors (Lipinski definition) is 2. The minimum absolute atomic E-state index is 0.136. The molecular weight excluding hydrogens is 284 g/mol. The van der Waals surface area contributed by atoms with Gasteiger partial charge in [0.1, 0.15) is 5.60 Å². The molecule has 4 unspecified atom stereocenters. The smallest absolute Gasteiger partial charge is 0.130 e. The SMILES string of the molecule is C#C[C@]1(O)CCC2C3C=CC4C[C@@H](O)C=C[C@]4(C)C3CC[C@@]21C. The zero-order chi connectivity index (χ0) is 16.5. The highest BCUT2D eigenvalue weighted by Crippen LogP contribution is 2.65. The first kappa shape index (κ1) is 15.5. The van der Waals surface area contributed by atoms with E-state index in [-0.39, 0.29) is 16.9 Å². The summed E-state index contributed by atoms with van der Waals surface area (Å²) in [6.07, 6.45) is 19.1. The van der Waals surface area contributed by atoms with Gasteiger partial charge in [-0.15, -0.1) is 6.42 Å². The Morgan fingerprint density at radius 2 is 1.83 bits per heavy atom. The molecule has 0 aromatic rings. The Balaban J connectivity index is 1.72. The number of hydrogen-bond donors (Lipinski definition) is 2. The van der Waals surface area contributed by atoms with E-state index in [9.17, 15) is 10.2 Å². The monoisotopic (exact) mass is 312 g/mol. The lowest BCUT2D eigenvalue weighted by molar-refractivity contribution is -0.0872. The van der Waals surface area contributed by atoms with E-state index >= 15 is 0 Å². The molecule has 23 heavy (non-hydrogen) atoms. The van der Waals surface area contributed by atoms with E-state index in [1.165, 1.54) is 0 Å². The van der Waals surface area contributed by atoms with Crippen molar-refractivity contribution in [2.75, 3.05) is 0 Å². The Hall–Kier alpha value is -1.04. The molecule has 0 radical (unpaired) electrons. The maximum atomic E-state index is 11.0. The van der Waals surface area contributed by atoms with Gasteiger partial charge >= 0.3 is 0 Å². The molecule has 4 aliphatic carbocycles. The molecule has 0 aromatic carbocycles. The first-order chi connectivity index (χ1) is 10.8. The van der Waals surface area contributed by atoms with Gasteiger partial charge in [-0.3, -0.25) is 0 Å². The molecule has 0 amide bonds. The zero-order valence-electron chi connectivity index (χ0n) is 14.2. The second-order valence-corrected chi connectivity index (χ2v) is 8.81. The van der Waals surface area contributed by atoms with Crippen molar-refractivity contribution in [3.8, 4) is 12.3 Å². The summed E-state index contributed by atoms with van der Waals surface area (Å²) in [7, 11) is 0. The molecule has 0 aliphatic heterocycles. The lowest BCUT2D eigenvalue weighted by Gasteiger charge is -2.57. The molecule has 2 N–H and O–H groups in total. The van der Waals surface area contributed by atoms with Gasteiger partial charge in [-0.2, -0.15) is 0 Å². The van der Waals surface area contributed by atoms with Crippen LogP contribution in [0.5, 0.6) is 0 Å². The minimum Gasteiger partial charge on any atom is -0.389 e. The molecule has 0 heterocycles. The molecule has 0 spiro atoms. The molecule has 2 heteroatoms. The maximum absolute atomic E-state index is 11.0.